The lowest BCUT2D eigenvalue weighted by atomic mass is 9.94. The summed E-state index contributed by atoms with van der Waals surface area (Å²) in [6.45, 7) is 7.77. The van der Waals surface area contributed by atoms with Crippen LogP contribution < -0.4 is 5.32 Å². The maximum absolute atomic E-state index is 3.51. The van der Waals surface area contributed by atoms with Crippen molar-refractivity contribution in [3.8, 4) is 0 Å². The highest BCUT2D eigenvalue weighted by Crippen LogP contribution is 2.26. The highest BCUT2D eigenvalue weighted by molar-refractivity contribution is 7.12. The molecule has 1 heterocycles. The van der Waals surface area contributed by atoms with Crippen molar-refractivity contribution >= 4 is 11.3 Å². The molecular formula is C17H30N2S. The van der Waals surface area contributed by atoms with Crippen molar-refractivity contribution in [3.05, 3.63) is 21.4 Å². The first-order valence-corrected chi connectivity index (χ1v) is 9.01. The predicted octanol–water partition coefficient (Wildman–Crippen LogP) is 4.32. The van der Waals surface area contributed by atoms with Crippen LogP contribution in [0.5, 0.6) is 0 Å². The van der Waals surface area contributed by atoms with Crippen molar-refractivity contribution in [2.24, 2.45) is 0 Å². The molecule has 0 aliphatic heterocycles. The molecule has 1 aliphatic rings. The minimum absolute atomic E-state index is 0.810. The largest absolute Gasteiger partial charge is 0.312 e. The Bertz CT molecular complexity index is 394. The van der Waals surface area contributed by atoms with Gasteiger partial charge in [-0.05, 0) is 51.4 Å². The third kappa shape index (κ3) is 4.57. The Hall–Kier alpha value is -0.380. The summed E-state index contributed by atoms with van der Waals surface area (Å²) >= 11 is 1.96. The van der Waals surface area contributed by atoms with E-state index >= 15 is 0 Å². The van der Waals surface area contributed by atoms with Crippen LogP contribution in [0, 0.1) is 6.92 Å². The molecule has 0 aromatic carbocycles. The molecule has 1 aliphatic carbocycles. The van der Waals surface area contributed by atoms with Gasteiger partial charge in [0.25, 0.3) is 0 Å². The first-order chi connectivity index (χ1) is 9.70. The Morgan fingerprint density at radius 2 is 2.05 bits per heavy atom. The van der Waals surface area contributed by atoms with Gasteiger partial charge in [0.15, 0.2) is 0 Å². The minimum atomic E-state index is 0.810. The van der Waals surface area contributed by atoms with Crippen molar-refractivity contribution in [1.29, 1.82) is 0 Å². The van der Waals surface area contributed by atoms with E-state index < -0.39 is 0 Å². The van der Waals surface area contributed by atoms with Crippen molar-refractivity contribution in [3.63, 3.8) is 0 Å². The number of nitrogens with one attached hydrogen (secondary N) is 1. The van der Waals surface area contributed by atoms with Gasteiger partial charge in [-0.3, -0.25) is 4.90 Å². The lowest BCUT2D eigenvalue weighted by Gasteiger charge is -2.31. The van der Waals surface area contributed by atoms with E-state index in [2.05, 4.69) is 37.2 Å². The minimum Gasteiger partial charge on any atom is -0.312 e. The zero-order valence-electron chi connectivity index (χ0n) is 13.4. The number of nitrogens with zero attached hydrogens (tertiary/aromatic N) is 1. The lowest BCUT2D eigenvalue weighted by molar-refractivity contribution is 0.184. The molecule has 20 heavy (non-hydrogen) atoms. The summed E-state index contributed by atoms with van der Waals surface area (Å²) in [6.07, 6.45) is 8.28. The highest BCUT2D eigenvalue weighted by atomic mass is 32.1. The zero-order chi connectivity index (χ0) is 14.4. The van der Waals surface area contributed by atoms with Crippen molar-refractivity contribution in [2.75, 3.05) is 13.6 Å². The molecule has 0 spiro atoms. The van der Waals surface area contributed by atoms with E-state index in [1.165, 1.54) is 53.8 Å². The van der Waals surface area contributed by atoms with Gasteiger partial charge in [-0.2, -0.15) is 0 Å². The molecule has 2 rings (SSSR count). The average molecular weight is 295 g/mol. The monoisotopic (exact) mass is 294 g/mol. The molecule has 0 atom stereocenters. The van der Waals surface area contributed by atoms with Crippen molar-refractivity contribution < 1.29 is 0 Å². The van der Waals surface area contributed by atoms with E-state index in [4.69, 9.17) is 0 Å². The van der Waals surface area contributed by atoms with Crippen LogP contribution in [0.2, 0.25) is 0 Å². The second-order valence-corrected chi connectivity index (χ2v) is 7.52. The third-order valence-corrected chi connectivity index (χ3v) is 5.51. The Kier molecular flexibility index (Phi) is 6.53. The van der Waals surface area contributed by atoms with E-state index in [1.54, 1.807) is 0 Å². The van der Waals surface area contributed by atoms with Gasteiger partial charge in [-0.15, -0.1) is 11.3 Å². The fourth-order valence-corrected chi connectivity index (χ4v) is 4.16. The molecule has 0 bridgehead atoms. The summed E-state index contributed by atoms with van der Waals surface area (Å²) in [5.74, 6) is 0. The molecule has 1 aromatic heterocycles. The highest BCUT2D eigenvalue weighted by Gasteiger charge is 2.19. The van der Waals surface area contributed by atoms with E-state index in [9.17, 15) is 0 Å². The van der Waals surface area contributed by atoms with Crippen molar-refractivity contribution in [1.82, 2.24) is 10.2 Å². The van der Waals surface area contributed by atoms with Crippen molar-refractivity contribution in [2.45, 2.75) is 71.5 Å². The number of thiophene rings is 1. The van der Waals surface area contributed by atoms with E-state index in [1.807, 2.05) is 11.3 Å². The quantitative estimate of drug-likeness (QED) is 0.753. The predicted molar refractivity (Wildman–Crippen MR) is 89.4 cm³/mol. The standard InChI is InChI=1S/C17H30N2S/c1-4-10-18-12-17-11-15(14(2)20-17)13-19(3)16-8-6-5-7-9-16/h11,16,18H,4-10,12-13H2,1-3H3. The van der Waals surface area contributed by atoms with Gasteiger partial charge in [0.05, 0.1) is 0 Å². The van der Waals surface area contributed by atoms with Crippen LogP contribution in [0.1, 0.15) is 60.8 Å². The van der Waals surface area contributed by atoms with Crippen LogP contribution in [0.25, 0.3) is 0 Å². The van der Waals surface area contributed by atoms with Gasteiger partial charge in [-0.25, -0.2) is 0 Å². The van der Waals surface area contributed by atoms with Crippen LogP contribution in [-0.4, -0.2) is 24.5 Å². The van der Waals surface area contributed by atoms with Gasteiger partial charge >= 0.3 is 0 Å². The molecule has 1 fully saturated rings. The van der Waals surface area contributed by atoms with Crippen LogP contribution in [0.3, 0.4) is 0 Å². The first kappa shape index (κ1) is 16.0. The van der Waals surface area contributed by atoms with Gasteiger partial charge in [-0.1, -0.05) is 26.2 Å². The zero-order valence-corrected chi connectivity index (χ0v) is 14.2. The molecule has 0 unspecified atom stereocenters. The summed E-state index contributed by atoms with van der Waals surface area (Å²) < 4.78 is 0. The maximum atomic E-state index is 3.51. The molecule has 114 valence electrons. The molecule has 0 saturated heterocycles. The third-order valence-electron chi connectivity index (χ3n) is 4.42. The Morgan fingerprint density at radius 3 is 2.75 bits per heavy atom. The molecule has 2 nitrogen and oxygen atoms in total. The first-order valence-electron chi connectivity index (χ1n) is 8.20. The van der Waals surface area contributed by atoms with Gasteiger partial charge in [0.2, 0.25) is 0 Å². The maximum Gasteiger partial charge on any atom is 0.0299 e. The van der Waals surface area contributed by atoms with Gasteiger partial charge < -0.3 is 5.32 Å². The second kappa shape index (κ2) is 8.16. The normalized spacial score (nSPS) is 17.0. The van der Waals surface area contributed by atoms with E-state index in [0.29, 0.717) is 0 Å². The fraction of sp³-hybridized carbons (Fsp3) is 0.765. The molecule has 1 saturated carbocycles. The Labute approximate surface area is 128 Å². The summed E-state index contributed by atoms with van der Waals surface area (Å²) in [5.41, 5.74) is 1.54. The molecular weight excluding hydrogens is 264 g/mol. The van der Waals surface area contributed by atoms with Crippen LogP contribution in [0.15, 0.2) is 6.07 Å². The van der Waals surface area contributed by atoms with Crippen LogP contribution in [-0.2, 0) is 13.1 Å². The molecule has 3 heteroatoms. The number of hydrogen-bond donors (Lipinski definition) is 1. The average Bonchev–Trinajstić information content (AvgIpc) is 2.80. The van der Waals surface area contributed by atoms with Gasteiger partial charge in [0.1, 0.15) is 0 Å². The smallest absolute Gasteiger partial charge is 0.0299 e. The van der Waals surface area contributed by atoms with E-state index in [0.717, 1.165) is 25.7 Å². The second-order valence-electron chi connectivity index (χ2n) is 6.18. The summed E-state index contributed by atoms with van der Waals surface area (Å²) in [6, 6.07) is 3.23. The number of hydrogen-bond acceptors (Lipinski definition) is 3. The van der Waals surface area contributed by atoms with Crippen LogP contribution >= 0.6 is 11.3 Å². The summed E-state index contributed by atoms with van der Waals surface area (Å²) in [5, 5.41) is 3.51. The Morgan fingerprint density at radius 1 is 1.30 bits per heavy atom. The van der Waals surface area contributed by atoms with Gasteiger partial charge in [0, 0.05) is 28.9 Å². The van der Waals surface area contributed by atoms with E-state index in [-0.39, 0.29) is 0 Å². The topological polar surface area (TPSA) is 15.3 Å². The fourth-order valence-electron chi connectivity index (χ4n) is 3.14. The molecule has 1 N–H and O–H groups in total. The lowest BCUT2D eigenvalue weighted by Crippen LogP contribution is -2.32. The molecule has 0 amide bonds. The Balaban J connectivity index is 1.87. The SMILES string of the molecule is CCCNCc1cc(CN(C)C2CCCCC2)c(C)s1. The van der Waals surface area contributed by atoms with Crippen LogP contribution in [0.4, 0.5) is 0 Å². The summed E-state index contributed by atoms with van der Waals surface area (Å²) in [4.78, 5) is 5.57. The number of rotatable bonds is 7. The molecule has 1 aromatic rings. The number of aryl methyl sites for hydroxylation is 1. The summed E-state index contributed by atoms with van der Waals surface area (Å²) in [7, 11) is 2.31. The molecule has 0 radical (unpaired) electrons.